The molecule has 5 fully saturated rings. The first kappa shape index (κ1) is 41.2. The molecule has 0 spiro atoms. The van der Waals surface area contributed by atoms with Crippen molar-refractivity contribution in [2.45, 2.75) is 88.6 Å². The molecule has 0 bridgehead atoms. The van der Waals surface area contributed by atoms with Crippen molar-refractivity contribution in [2.24, 2.45) is 23.7 Å². The van der Waals surface area contributed by atoms with Crippen LogP contribution in [0.15, 0.2) is 48.5 Å². The fraction of sp³-hybridized carbons (Fsp3) is 0.500. The van der Waals surface area contributed by atoms with E-state index in [1.165, 1.54) is 14.2 Å². The SMILES string of the molecule is COC(=O)N[C@H](C(=O)N1[C@@H]2C[C@@H]2C[C@H]1c1nc(Cl)c(-c2ccc(-c3ccc(-c4[nH]c([C@@H]5C[C@H]6C[C@H]6N5C(=O)[C@@H](NC(=O)OC)C5CCOCC5)nc4Cl)cc3)cc2)[nH]1)C(C)C. The monoisotopic (exact) mass is 872 g/mol. The molecule has 17 heteroatoms. The van der Waals surface area contributed by atoms with E-state index in [2.05, 4.69) is 20.6 Å². The maximum Gasteiger partial charge on any atom is 0.407 e. The highest BCUT2D eigenvalue weighted by atomic mass is 35.5. The molecule has 0 radical (unpaired) electrons. The second-order valence-corrected chi connectivity index (χ2v) is 18.0. The Balaban J connectivity index is 0.890. The molecule has 3 aliphatic heterocycles. The second kappa shape index (κ2) is 16.6. The minimum absolute atomic E-state index is 0.0553. The van der Waals surface area contributed by atoms with E-state index in [1.54, 1.807) is 0 Å². The zero-order valence-corrected chi connectivity index (χ0v) is 36.0. The predicted molar refractivity (Wildman–Crippen MR) is 226 cm³/mol. The number of hydrogen-bond donors (Lipinski definition) is 4. The van der Waals surface area contributed by atoms with E-state index < -0.39 is 24.3 Å². The number of carbonyl (C=O) groups is 4. The molecule has 15 nitrogen and oxygen atoms in total. The number of H-pyrrole nitrogens is 2. The molecule has 3 saturated heterocycles. The molecule has 9 rings (SSSR count). The maximum atomic E-state index is 14.2. The second-order valence-electron chi connectivity index (χ2n) is 17.3. The Hall–Kier alpha value is -5.12. The fourth-order valence-corrected chi connectivity index (χ4v) is 10.3. The summed E-state index contributed by atoms with van der Waals surface area (Å²) in [4.78, 5) is 72.6. The molecule has 2 aliphatic carbocycles. The van der Waals surface area contributed by atoms with Crippen LogP contribution in [0.3, 0.4) is 0 Å². The number of rotatable bonds is 11. The molecule has 5 aliphatic rings. The summed E-state index contributed by atoms with van der Waals surface area (Å²) in [5.74, 6) is 1.56. The summed E-state index contributed by atoms with van der Waals surface area (Å²) in [5.41, 5.74) is 5.03. The number of nitrogens with one attached hydrogen (secondary N) is 4. The van der Waals surface area contributed by atoms with Gasteiger partial charge in [0.2, 0.25) is 11.8 Å². The van der Waals surface area contributed by atoms with Crippen molar-refractivity contribution in [3.63, 3.8) is 0 Å². The molecule has 2 aromatic carbocycles. The van der Waals surface area contributed by atoms with Crippen molar-refractivity contribution in [1.29, 1.82) is 0 Å². The largest absolute Gasteiger partial charge is 0.453 e. The number of benzene rings is 2. The molecule has 4 N–H and O–H groups in total. The van der Waals surface area contributed by atoms with E-state index >= 15 is 0 Å². The molecule has 61 heavy (non-hydrogen) atoms. The summed E-state index contributed by atoms with van der Waals surface area (Å²) in [7, 11) is 2.59. The van der Waals surface area contributed by atoms with Crippen LogP contribution in [0.2, 0.25) is 10.3 Å². The Morgan fingerprint density at radius 2 is 1.13 bits per heavy atom. The topological polar surface area (TPSA) is 184 Å². The molecule has 0 unspecified atom stereocenters. The number of piperidine rings is 2. The predicted octanol–water partition coefficient (Wildman–Crippen LogP) is 7.30. The van der Waals surface area contributed by atoms with Crippen molar-refractivity contribution in [3.8, 4) is 33.6 Å². The lowest BCUT2D eigenvalue weighted by Crippen LogP contribution is -2.54. The van der Waals surface area contributed by atoms with Gasteiger partial charge in [0.05, 0.1) is 37.7 Å². The molecule has 2 aromatic heterocycles. The van der Waals surface area contributed by atoms with Gasteiger partial charge in [-0.2, -0.15) is 0 Å². The van der Waals surface area contributed by atoms with E-state index in [0.29, 0.717) is 71.2 Å². The van der Waals surface area contributed by atoms with Gasteiger partial charge >= 0.3 is 12.2 Å². The van der Waals surface area contributed by atoms with Crippen molar-refractivity contribution in [1.82, 2.24) is 40.4 Å². The van der Waals surface area contributed by atoms with E-state index in [-0.39, 0.29) is 47.8 Å². The highest BCUT2D eigenvalue weighted by Gasteiger charge is 2.58. The number of carbonyl (C=O) groups excluding carboxylic acids is 4. The first-order valence-electron chi connectivity index (χ1n) is 21.1. The highest BCUT2D eigenvalue weighted by molar-refractivity contribution is 6.32. The first-order valence-corrected chi connectivity index (χ1v) is 21.8. The van der Waals surface area contributed by atoms with Crippen LogP contribution in [-0.2, 0) is 23.8 Å². The number of fused-ring (bicyclic) bond motifs is 2. The summed E-state index contributed by atoms with van der Waals surface area (Å²) in [6.07, 6.45) is 3.49. The van der Waals surface area contributed by atoms with Gasteiger partial charge in [0, 0.05) is 36.4 Å². The number of aromatic nitrogens is 4. The third-order valence-corrected chi connectivity index (χ3v) is 13.8. The zero-order valence-electron chi connectivity index (χ0n) is 34.5. The lowest BCUT2D eigenvalue weighted by atomic mass is 9.90. The van der Waals surface area contributed by atoms with E-state index in [4.69, 9.17) is 47.4 Å². The zero-order chi connectivity index (χ0) is 42.7. The van der Waals surface area contributed by atoms with Gasteiger partial charge in [-0.3, -0.25) is 9.59 Å². The normalized spacial score (nSPS) is 25.1. The summed E-state index contributed by atoms with van der Waals surface area (Å²) in [6, 6.07) is 14.2. The van der Waals surface area contributed by atoms with E-state index in [0.717, 1.165) is 47.9 Å². The van der Waals surface area contributed by atoms with Crippen LogP contribution in [0, 0.1) is 23.7 Å². The van der Waals surface area contributed by atoms with Crippen molar-refractivity contribution >= 4 is 47.2 Å². The lowest BCUT2D eigenvalue weighted by Gasteiger charge is -2.35. The van der Waals surface area contributed by atoms with Gasteiger partial charge in [-0.1, -0.05) is 85.6 Å². The number of amides is 4. The van der Waals surface area contributed by atoms with Gasteiger partial charge in [0.25, 0.3) is 0 Å². The fourth-order valence-electron chi connectivity index (χ4n) is 9.77. The Morgan fingerprint density at radius 1 is 0.689 bits per heavy atom. The Bertz CT molecular complexity index is 2310. The third kappa shape index (κ3) is 7.96. The van der Waals surface area contributed by atoms with Gasteiger partial charge in [0.15, 0.2) is 10.3 Å². The molecule has 2 saturated carbocycles. The van der Waals surface area contributed by atoms with Gasteiger partial charge in [0.1, 0.15) is 23.7 Å². The molecule has 4 amide bonds. The van der Waals surface area contributed by atoms with E-state index in [1.807, 2.05) is 72.2 Å². The number of likely N-dealkylation sites (tertiary alicyclic amines) is 2. The number of aromatic amines is 2. The number of alkyl carbamates (subject to hydrolysis) is 2. The Labute approximate surface area is 363 Å². The highest BCUT2D eigenvalue weighted by Crippen LogP contribution is 2.55. The van der Waals surface area contributed by atoms with Crippen LogP contribution >= 0.6 is 23.2 Å². The van der Waals surface area contributed by atoms with Crippen LogP contribution in [0.4, 0.5) is 9.59 Å². The van der Waals surface area contributed by atoms with Crippen LogP contribution in [0.1, 0.15) is 76.1 Å². The maximum absolute atomic E-state index is 14.2. The summed E-state index contributed by atoms with van der Waals surface area (Å²) in [5, 5.41) is 6.19. The number of imidazole rings is 2. The van der Waals surface area contributed by atoms with Crippen LogP contribution in [0.25, 0.3) is 33.6 Å². The quantitative estimate of drug-likeness (QED) is 0.120. The lowest BCUT2D eigenvalue weighted by molar-refractivity contribution is -0.138. The summed E-state index contributed by atoms with van der Waals surface area (Å²) < 4.78 is 15.2. The number of nitrogens with zero attached hydrogens (tertiary/aromatic N) is 4. The average Bonchev–Trinajstić information content (AvgIpc) is 3.98. The molecular formula is C44H50Cl2N8O7. The van der Waals surface area contributed by atoms with E-state index in [9.17, 15) is 19.2 Å². The smallest absolute Gasteiger partial charge is 0.407 e. The van der Waals surface area contributed by atoms with Crippen LogP contribution in [0.5, 0.6) is 0 Å². The number of ether oxygens (including phenoxy) is 3. The van der Waals surface area contributed by atoms with Crippen molar-refractivity contribution < 1.29 is 33.4 Å². The van der Waals surface area contributed by atoms with Gasteiger partial charge < -0.3 is 44.6 Å². The molecule has 322 valence electrons. The third-order valence-electron chi connectivity index (χ3n) is 13.2. The number of methoxy groups -OCH3 is 2. The van der Waals surface area contributed by atoms with Gasteiger partial charge in [-0.25, -0.2) is 19.6 Å². The average molecular weight is 874 g/mol. The van der Waals surface area contributed by atoms with Crippen molar-refractivity contribution in [3.05, 3.63) is 70.5 Å². The minimum atomic E-state index is -0.722. The van der Waals surface area contributed by atoms with Gasteiger partial charge in [-0.15, -0.1) is 0 Å². The Morgan fingerprint density at radius 3 is 1.59 bits per heavy atom. The number of hydrogen-bond acceptors (Lipinski definition) is 9. The Kier molecular flexibility index (Phi) is 11.2. The standard InChI is InChI=1S/C44H50Cl2N8O7/c1-21(2)33(49-43(57)59-3)41(55)53-29-17-27(29)19-31(53)39-47-34(37(45)51-39)24-9-5-22(6-10-24)23-7-11-25(12-8-23)35-38(46)52-40(48-35)32-20-28-18-30(28)54(32)42(56)36(50-44(58)60-4)26-13-15-61-16-14-26/h5-12,21,26-33,36H,13-20H2,1-4H3,(H,47,51)(H,48,52)(H,49,57)(H,50,58)/t27-,28-,29-,30-,31+,32+,33+,36+/m1/s1. The summed E-state index contributed by atoms with van der Waals surface area (Å²) in [6.45, 7) is 4.88. The first-order chi connectivity index (χ1) is 29.4. The molecule has 8 atom stereocenters. The number of halogens is 2. The van der Waals surface area contributed by atoms with Crippen LogP contribution in [-0.4, -0.2) is 105 Å². The van der Waals surface area contributed by atoms with Gasteiger partial charge in [-0.05, 0) is 73.3 Å². The molecule has 4 aromatic rings. The molecular weight excluding hydrogens is 823 g/mol. The molecule has 5 heterocycles. The van der Waals surface area contributed by atoms with Crippen molar-refractivity contribution in [2.75, 3.05) is 27.4 Å². The minimum Gasteiger partial charge on any atom is -0.453 e. The summed E-state index contributed by atoms with van der Waals surface area (Å²) >= 11 is 13.5. The van der Waals surface area contributed by atoms with Crippen LogP contribution < -0.4 is 10.6 Å².